The molecular weight excluding hydrogens is 415 g/mol. The average molecular weight is 437 g/mol. The zero-order valence-corrected chi connectivity index (χ0v) is 18.2. The van der Waals surface area contributed by atoms with Crippen molar-refractivity contribution in [3.63, 3.8) is 0 Å². The number of hydrogen-bond acceptors (Lipinski definition) is 4. The minimum atomic E-state index is -0.492. The van der Waals surface area contributed by atoms with Crippen molar-refractivity contribution in [3.8, 4) is 11.1 Å². The van der Waals surface area contributed by atoms with Gasteiger partial charge < -0.3 is 14.6 Å². The number of nitrogens with one attached hydrogen (secondary N) is 1. The number of esters is 1. The number of fused-ring (bicyclic) bond motifs is 1. The van der Waals surface area contributed by atoms with E-state index in [9.17, 15) is 14.0 Å². The number of halogens is 1. The molecule has 5 nitrogen and oxygen atoms in total. The fourth-order valence-corrected chi connectivity index (χ4v) is 4.44. The number of rotatable bonds is 5. The van der Waals surface area contributed by atoms with E-state index < -0.39 is 5.97 Å². The maximum absolute atomic E-state index is 13.6. The van der Waals surface area contributed by atoms with Gasteiger partial charge in [0, 0.05) is 23.4 Å². The molecule has 4 aromatic rings. The van der Waals surface area contributed by atoms with Gasteiger partial charge in [-0.25, -0.2) is 9.18 Å². The van der Waals surface area contributed by atoms with Crippen molar-refractivity contribution in [2.45, 2.75) is 13.8 Å². The summed E-state index contributed by atoms with van der Waals surface area (Å²) in [6.07, 6.45) is 0. The number of anilines is 1. The van der Waals surface area contributed by atoms with Gasteiger partial charge in [0.15, 0.2) is 0 Å². The van der Waals surface area contributed by atoms with E-state index in [0.29, 0.717) is 27.3 Å². The van der Waals surface area contributed by atoms with Crippen molar-refractivity contribution in [2.24, 2.45) is 7.05 Å². The fraction of sp³-hybridized carbons (Fsp3) is 0.167. The molecule has 2 aromatic carbocycles. The number of carbonyl (C=O) groups is 2. The highest BCUT2D eigenvalue weighted by Gasteiger charge is 2.24. The van der Waals surface area contributed by atoms with E-state index in [1.807, 2.05) is 36.6 Å². The molecule has 0 aliphatic rings. The number of carbonyl (C=O) groups excluding carboxylic acids is 2. The van der Waals surface area contributed by atoms with E-state index in [1.54, 1.807) is 30.7 Å². The Bertz CT molecular complexity index is 1290. The zero-order chi connectivity index (χ0) is 22.1. The highest BCUT2D eigenvalue weighted by molar-refractivity contribution is 7.15. The standard InChI is InChI=1S/C24H21FN2O3S/c1-4-30-24(29)21-18(15-7-5-14(2)6-8-15)13-31-23(21)26-22(28)20-11-16-9-10-17(25)12-19(16)27(20)3/h5-13H,4H2,1-3H3,(H,26,28). The van der Waals surface area contributed by atoms with Gasteiger partial charge in [0.25, 0.3) is 5.91 Å². The first kappa shape index (κ1) is 20.8. The maximum atomic E-state index is 13.6. The van der Waals surface area contributed by atoms with Gasteiger partial charge in [0.2, 0.25) is 0 Å². The molecule has 0 fully saturated rings. The predicted molar refractivity (Wildman–Crippen MR) is 121 cm³/mol. The van der Waals surface area contributed by atoms with Crippen LogP contribution in [-0.4, -0.2) is 23.1 Å². The number of benzene rings is 2. The van der Waals surface area contributed by atoms with E-state index in [1.165, 1.54) is 23.5 Å². The van der Waals surface area contributed by atoms with Crippen molar-refractivity contribution in [1.29, 1.82) is 0 Å². The third-order valence-electron chi connectivity index (χ3n) is 5.10. The number of hydrogen-bond donors (Lipinski definition) is 1. The largest absolute Gasteiger partial charge is 0.462 e. The summed E-state index contributed by atoms with van der Waals surface area (Å²) in [6.45, 7) is 3.96. The van der Waals surface area contributed by atoms with Crippen LogP contribution in [0.15, 0.2) is 53.9 Å². The third kappa shape index (κ3) is 3.96. The van der Waals surface area contributed by atoms with Crippen molar-refractivity contribution in [3.05, 3.63) is 76.5 Å². The average Bonchev–Trinajstić information content (AvgIpc) is 3.30. The van der Waals surface area contributed by atoms with E-state index in [4.69, 9.17) is 4.74 Å². The Kier molecular flexibility index (Phi) is 5.61. The molecule has 1 N–H and O–H groups in total. The van der Waals surface area contributed by atoms with Gasteiger partial charge in [-0.05, 0) is 43.7 Å². The molecule has 7 heteroatoms. The molecule has 0 saturated heterocycles. The smallest absolute Gasteiger partial charge is 0.341 e. The van der Waals surface area contributed by atoms with Crippen LogP contribution in [0.1, 0.15) is 33.3 Å². The van der Waals surface area contributed by atoms with Gasteiger partial charge in [-0.3, -0.25) is 4.79 Å². The Morgan fingerprint density at radius 3 is 2.58 bits per heavy atom. The van der Waals surface area contributed by atoms with E-state index in [-0.39, 0.29) is 18.3 Å². The van der Waals surface area contributed by atoms with Gasteiger partial charge in [0.1, 0.15) is 22.1 Å². The fourth-order valence-electron chi connectivity index (χ4n) is 3.49. The van der Waals surface area contributed by atoms with Gasteiger partial charge in [-0.15, -0.1) is 11.3 Å². The van der Waals surface area contributed by atoms with Crippen LogP contribution in [0.3, 0.4) is 0 Å². The van der Waals surface area contributed by atoms with Crippen LogP contribution in [0.5, 0.6) is 0 Å². The molecule has 0 bridgehead atoms. The van der Waals surface area contributed by atoms with E-state index in [2.05, 4.69) is 5.32 Å². The quantitative estimate of drug-likeness (QED) is 0.403. The Balaban J connectivity index is 1.73. The molecule has 0 spiro atoms. The molecule has 0 unspecified atom stereocenters. The number of aromatic nitrogens is 1. The summed E-state index contributed by atoms with van der Waals surface area (Å²) < 4.78 is 20.5. The van der Waals surface area contributed by atoms with Gasteiger partial charge in [-0.2, -0.15) is 0 Å². The molecule has 1 amide bonds. The molecule has 0 radical (unpaired) electrons. The number of nitrogens with zero attached hydrogens (tertiary/aromatic N) is 1. The molecular formula is C24H21FN2O3S. The Hall–Kier alpha value is -3.45. The SMILES string of the molecule is CCOC(=O)c1c(-c2ccc(C)cc2)csc1NC(=O)c1cc2ccc(F)cc2n1C. The first-order chi connectivity index (χ1) is 14.9. The lowest BCUT2D eigenvalue weighted by atomic mass is 10.0. The van der Waals surface area contributed by atoms with Gasteiger partial charge in [0.05, 0.1) is 12.1 Å². The molecule has 2 aromatic heterocycles. The first-order valence-electron chi connectivity index (χ1n) is 9.81. The monoisotopic (exact) mass is 436 g/mol. The number of aryl methyl sites for hydroxylation is 2. The molecule has 0 aliphatic heterocycles. The molecule has 4 rings (SSSR count). The molecule has 0 atom stereocenters. The summed E-state index contributed by atoms with van der Waals surface area (Å²) >= 11 is 1.27. The van der Waals surface area contributed by atoms with Crippen LogP contribution in [0.2, 0.25) is 0 Å². The number of amides is 1. The van der Waals surface area contributed by atoms with Crippen LogP contribution in [0, 0.1) is 12.7 Å². The summed E-state index contributed by atoms with van der Waals surface area (Å²) in [7, 11) is 1.70. The molecule has 2 heterocycles. The summed E-state index contributed by atoms with van der Waals surface area (Å²) in [5.41, 5.74) is 3.98. The van der Waals surface area contributed by atoms with Crippen LogP contribution >= 0.6 is 11.3 Å². The lowest BCUT2D eigenvalue weighted by Crippen LogP contribution is -2.17. The number of ether oxygens (including phenoxy) is 1. The van der Waals surface area contributed by atoms with Crippen LogP contribution in [0.4, 0.5) is 9.39 Å². The second-order valence-corrected chi connectivity index (χ2v) is 8.07. The lowest BCUT2D eigenvalue weighted by Gasteiger charge is -2.09. The van der Waals surface area contributed by atoms with Crippen molar-refractivity contribution in [1.82, 2.24) is 4.57 Å². The molecule has 158 valence electrons. The Morgan fingerprint density at radius 2 is 1.87 bits per heavy atom. The zero-order valence-electron chi connectivity index (χ0n) is 17.4. The predicted octanol–water partition coefficient (Wildman–Crippen LogP) is 5.78. The topological polar surface area (TPSA) is 60.3 Å². The number of thiophene rings is 1. The molecule has 0 aliphatic carbocycles. The molecule has 0 saturated carbocycles. The maximum Gasteiger partial charge on any atom is 0.341 e. The van der Waals surface area contributed by atoms with E-state index >= 15 is 0 Å². The van der Waals surface area contributed by atoms with Gasteiger partial charge in [-0.1, -0.05) is 29.8 Å². The minimum Gasteiger partial charge on any atom is -0.462 e. The Morgan fingerprint density at radius 1 is 1.13 bits per heavy atom. The summed E-state index contributed by atoms with van der Waals surface area (Å²) in [6, 6.07) is 13.9. The van der Waals surface area contributed by atoms with Crippen molar-refractivity contribution >= 4 is 39.1 Å². The lowest BCUT2D eigenvalue weighted by molar-refractivity contribution is 0.0529. The molecule has 31 heavy (non-hydrogen) atoms. The Labute approximate surface area is 183 Å². The summed E-state index contributed by atoms with van der Waals surface area (Å²) in [4.78, 5) is 25.8. The summed E-state index contributed by atoms with van der Waals surface area (Å²) in [5, 5.41) is 5.85. The highest BCUT2D eigenvalue weighted by Crippen LogP contribution is 2.37. The van der Waals surface area contributed by atoms with Gasteiger partial charge >= 0.3 is 5.97 Å². The van der Waals surface area contributed by atoms with Crippen LogP contribution in [0.25, 0.3) is 22.0 Å². The summed E-state index contributed by atoms with van der Waals surface area (Å²) in [5.74, 6) is -1.25. The minimum absolute atomic E-state index is 0.226. The van der Waals surface area contributed by atoms with Crippen molar-refractivity contribution in [2.75, 3.05) is 11.9 Å². The van der Waals surface area contributed by atoms with Crippen LogP contribution < -0.4 is 5.32 Å². The first-order valence-corrected chi connectivity index (χ1v) is 10.7. The second-order valence-electron chi connectivity index (χ2n) is 7.19. The van der Waals surface area contributed by atoms with Crippen LogP contribution in [-0.2, 0) is 11.8 Å². The van der Waals surface area contributed by atoms with Crippen molar-refractivity contribution < 1.29 is 18.7 Å². The van der Waals surface area contributed by atoms with E-state index in [0.717, 1.165) is 16.5 Å². The third-order valence-corrected chi connectivity index (χ3v) is 6.00. The highest BCUT2D eigenvalue weighted by atomic mass is 32.1. The second kappa shape index (κ2) is 8.35. The normalized spacial score (nSPS) is 11.0.